The van der Waals surface area contributed by atoms with Gasteiger partial charge < -0.3 is 10.2 Å². The summed E-state index contributed by atoms with van der Waals surface area (Å²) < 4.78 is 0. The lowest BCUT2D eigenvalue weighted by Crippen LogP contribution is -2.33. The van der Waals surface area contributed by atoms with E-state index in [0.717, 1.165) is 22.4 Å². The number of anilines is 1. The topological polar surface area (TPSA) is 32.3 Å². The predicted octanol–water partition coefficient (Wildman–Crippen LogP) is 2.54. The molecule has 3 rings (SSSR count). The maximum absolute atomic E-state index is 12.6. The summed E-state index contributed by atoms with van der Waals surface area (Å²) in [5, 5.41) is 3.03. The van der Waals surface area contributed by atoms with Crippen LogP contribution in [0.5, 0.6) is 0 Å². The van der Waals surface area contributed by atoms with Crippen LogP contribution in [0.25, 0.3) is 0 Å². The molecule has 0 spiro atoms. The average Bonchev–Trinajstić information content (AvgIpc) is 2.55. The van der Waals surface area contributed by atoms with Gasteiger partial charge in [0.05, 0.1) is 12.2 Å². The first-order valence-corrected chi connectivity index (χ1v) is 7.43. The molecule has 110 valence electrons. The molecule has 0 unspecified atom stereocenters. The van der Waals surface area contributed by atoms with Crippen LogP contribution in [0, 0.1) is 11.8 Å². The first kappa shape index (κ1) is 14.4. The van der Waals surface area contributed by atoms with E-state index in [2.05, 4.69) is 17.2 Å². The highest BCUT2D eigenvalue weighted by Gasteiger charge is 2.20. The van der Waals surface area contributed by atoms with Gasteiger partial charge in [-0.05, 0) is 30.8 Å². The molecule has 0 saturated carbocycles. The van der Waals surface area contributed by atoms with E-state index in [4.69, 9.17) is 0 Å². The molecular formula is C19H18N2O. The van der Waals surface area contributed by atoms with E-state index in [0.29, 0.717) is 19.5 Å². The third-order valence-electron chi connectivity index (χ3n) is 3.76. The fourth-order valence-corrected chi connectivity index (χ4v) is 2.57. The number of rotatable bonds is 3. The quantitative estimate of drug-likeness (QED) is 0.881. The molecule has 1 aliphatic rings. The maximum atomic E-state index is 12.6. The van der Waals surface area contributed by atoms with E-state index in [1.165, 1.54) is 0 Å². The van der Waals surface area contributed by atoms with Gasteiger partial charge in [-0.25, -0.2) is 0 Å². The first-order valence-electron chi connectivity index (χ1n) is 7.43. The van der Waals surface area contributed by atoms with Gasteiger partial charge in [-0.2, -0.15) is 0 Å². The summed E-state index contributed by atoms with van der Waals surface area (Å²) in [5.74, 6) is 6.54. The van der Waals surface area contributed by atoms with Crippen molar-refractivity contribution in [2.45, 2.75) is 13.0 Å². The molecule has 3 nitrogen and oxygen atoms in total. The van der Waals surface area contributed by atoms with Crippen molar-refractivity contribution in [2.24, 2.45) is 0 Å². The van der Waals surface area contributed by atoms with Gasteiger partial charge in [0.25, 0.3) is 0 Å². The third-order valence-corrected chi connectivity index (χ3v) is 3.76. The highest BCUT2D eigenvalue weighted by molar-refractivity contribution is 5.95. The van der Waals surface area contributed by atoms with Crippen molar-refractivity contribution in [1.82, 2.24) is 5.32 Å². The molecular weight excluding hydrogens is 272 g/mol. The van der Waals surface area contributed by atoms with Crippen LogP contribution in [-0.2, 0) is 11.3 Å². The largest absolute Gasteiger partial charge is 0.319 e. The van der Waals surface area contributed by atoms with Crippen LogP contribution >= 0.6 is 0 Å². The van der Waals surface area contributed by atoms with Crippen LogP contribution in [0.4, 0.5) is 5.69 Å². The van der Waals surface area contributed by atoms with Gasteiger partial charge in [-0.1, -0.05) is 42.2 Å². The lowest BCUT2D eigenvalue weighted by molar-refractivity contribution is -0.118. The van der Waals surface area contributed by atoms with Crippen molar-refractivity contribution >= 4 is 11.6 Å². The maximum Gasteiger partial charge on any atom is 0.228 e. The fraction of sp³-hybridized carbons (Fsp3) is 0.211. The van der Waals surface area contributed by atoms with Crippen LogP contribution in [0.1, 0.15) is 23.1 Å². The average molecular weight is 290 g/mol. The SMILES string of the molecule is CNCCC(=O)N1Cc2ccccc2C#Cc2ccccc21. The highest BCUT2D eigenvalue weighted by atomic mass is 16.2. The highest BCUT2D eigenvalue weighted by Crippen LogP contribution is 2.25. The lowest BCUT2D eigenvalue weighted by Gasteiger charge is -2.26. The van der Waals surface area contributed by atoms with Gasteiger partial charge >= 0.3 is 0 Å². The van der Waals surface area contributed by atoms with E-state index in [1.54, 1.807) is 0 Å². The molecule has 0 bridgehead atoms. The standard InChI is InChI=1S/C19H18N2O/c1-20-13-12-19(22)21-14-17-8-3-2-6-15(17)10-11-16-7-4-5-9-18(16)21/h2-9,20H,12-14H2,1H3. The van der Waals surface area contributed by atoms with Crippen molar-refractivity contribution in [2.75, 3.05) is 18.5 Å². The summed E-state index contributed by atoms with van der Waals surface area (Å²) in [4.78, 5) is 14.5. The number of nitrogens with zero attached hydrogens (tertiary/aromatic N) is 1. The van der Waals surface area contributed by atoms with Crippen molar-refractivity contribution in [3.63, 3.8) is 0 Å². The number of amides is 1. The Bertz CT molecular complexity index is 755. The molecule has 0 radical (unpaired) electrons. The molecule has 0 aromatic heterocycles. The Hall–Kier alpha value is -2.57. The van der Waals surface area contributed by atoms with Crippen LogP contribution in [0.15, 0.2) is 48.5 Å². The van der Waals surface area contributed by atoms with Gasteiger partial charge in [0.15, 0.2) is 0 Å². The second kappa shape index (κ2) is 6.46. The molecule has 22 heavy (non-hydrogen) atoms. The fourth-order valence-electron chi connectivity index (χ4n) is 2.57. The smallest absolute Gasteiger partial charge is 0.228 e. The van der Waals surface area contributed by atoms with Crippen LogP contribution in [0.3, 0.4) is 0 Å². The number of hydrogen-bond donors (Lipinski definition) is 1. The van der Waals surface area contributed by atoms with E-state index < -0.39 is 0 Å². The Morgan fingerprint density at radius 1 is 1.09 bits per heavy atom. The molecule has 0 atom stereocenters. The summed E-state index contributed by atoms with van der Waals surface area (Å²) in [6, 6.07) is 15.9. The summed E-state index contributed by atoms with van der Waals surface area (Å²) in [6.45, 7) is 1.23. The summed E-state index contributed by atoms with van der Waals surface area (Å²) >= 11 is 0. The van der Waals surface area contributed by atoms with E-state index in [9.17, 15) is 4.79 Å². The van der Waals surface area contributed by atoms with E-state index in [1.807, 2.05) is 60.5 Å². The minimum atomic E-state index is 0.111. The summed E-state index contributed by atoms with van der Waals surface area (Å²) in [5.41, 5.74) is 3.87. The molecule has 0 aliphatic carbocycles. The molecule has 0 fully saturated rings. The number of fused-ring (bicyclic) bond motifs is 2. The van der Waals surface area contributed by atoms with Gasteiger partial charge in [-0.15, -0.1) is 0 Å². The molecule has 0 saturated heterocycles. The first-order chi connectivity index (χ1) is 10.8. The number of benzene rings is 2. The van der Waals surface area contributed by atoms with Crippen LogP contribution in [0.2, 0.25) is 0 Å². The van der Waals surface area contributed by atoms with Gasteiger partial charge in [0.1, 0.15) is 0 Å². The molecule has 1 aliphatic heterocycles. The zero-order valence-electron chi connectivity index (χ0n) is 12.6. The van der Waals surface area contributed by atoms with Gasteiger partial charge in [0, 0.05) is 24.1 Å². The van der Waals surface area contributed by atoms with Crippen molar-refractivity contribution in [3.05, 3.63) is 65.2 Å². The number of nitrogens with one attached hydrogen (secondary N) is 1. The minimum Gasteiger partial charge on any atom is -0.319 e. The number of hydrogen-bond acceptors (Lipinski definition) is 2. The van der Waals surface area contributed by atoms with Crippen molar-refractivity contribution in [3.8, 4) is 11.8 Å². The Kier molecular flexibility index (Phi) is 4.22. The second-order valence-corrected chi connectivity index (χ2v) is 5.26. The number of carbonyl (C=O) groups is 1. The molecule has 2 aromatic carbocycles. The molecule has 3 heteroatoms. The molecule has 1 N–H and O–H groups in total. The Labute approximate surface area is 131 Å². The zero-order chi connectivity index (χ0) is 15.4. The van der Waals surface area contributed by atoms with Gasteiger partial charge in [-0.3, -0.25) is 4.79 Å². The predicted molar refractivity (Wildman–Crippen MR) is 88.6 cm³/mol. The monoisotopic (exact) mass is 290 g/mol. The lowest BCUT2D eigenvalue weighted by atomic mass is 10.0. The summed E-state index contributed by atoms with van der Waals surface area (Å²) in [6.07, 6.45) is 0.473. The Balaban J connectivity index is 2.07. The molecule has 2 aromatic rings. The van der Waals surface area contributed by atoms with E-state index >= 15 is 0 Å². The Morgan fingerprint density at radius 2 is 1.77 bits per heavy atom. The van der Waals surface area contributed by atoms with Crippen LogP contribution < -0.4 is 10.2 Å². The minimum absolute atomic E-state index is 0.111. The van der Waals surface area contributed by atoms with Crippen molar-refractivity contribution < 1.29 is 4.79 Å². The second-order valence-electron chi connectivity index (χ2n) is 5.26. The molecule has 1 heterocycles. The van der Waals surface area contributed by atoms with Crippen LogP contribution in [-0.4, -0.2) is 19.5 Å². The number of para-hydroxylation sites is 1. The molecule has 1 amide bonds. The summed E-state index contributed by atoms with van der Waals surface area (Å²) in [7, 11) is 1.86. The Morgan fingerprint density at radius 3 is 2.59 bits per heavy atom. The zero-order valence-corrected chi connectivity index (χ0v) is 12.6. The third kappa shape index (κ3) is 2.88. The van der Waals surface area contributed by atoms with Crippen molar-refractivity contribution in [1.29, 1.82) is 0 Å². The number of carbonyl (C=O) groups excluding carboxylic acids is 1. The van der Waals surface area contributed by atoms with E-state index in [-0.39, 0.29) is 5.91 Å². The van der Waals surface area contributed by atoms with Gasteiger partial charge in [0.2, 0.25) is 5.91 Å². The normalized spacial score (nSPS) is 12.3.